The minimum Gasteiger partial charge on any atom is -0.459 e. The van der Waals surface area contributed by atoms with E-state index in [4.69, 9.17) is 9.47 Å². The summed E-state index contributed by atoms with van der Waals surface area (Å²) >= 11 is 0. The van der Waals surface area contributed by atoms with Crippen LogP contribution in [0.2, 0.25) is 0 Å². The molecule has 4 N–H and O–H groups in total. The van der Waals surface area contributed by atoms with Gasteiger partial charge in [-0.3, -0.25) is 9.59 Å². The van der Waals surface area contributed by atoms with Gasteiger partial charge in [0.2, 0.25) is 0 Å². The predicted molar refractivity (Wildman–Crippen MR) is 132 cm³/mol. The molecule has 0 aliphatic rings. The first-order chi connectivity index (χ1) is 17.1. The normalized spacial score (nSPS) is 11.8. The molecule has 2 rings (SSSR count). The van der Waals surface area contributed by atoms with E-state index in [1.165, 1.54) is 13.3 Å². The van der Waals surface area contributed by atoms with Crippen molar-refractivity contribution in [1.29, 1.82) is 0 Å². The average Bonchev–Trinajstić information content (AvgIpc) is 3.31. The number of aromatic nitrogens is 2. The lowest BCUT2D eigenvalue weighted by Crippen LogP contribution is -2.40. The number of unbranched alkanes of at least 4 members (excludes halogenated alkanes) is 2. The molecule has 36 heavy (non-hydrogen) atoms. The lowest BCUT2D eigenvalue weighted by molar-refractivity contribution is -0.146. The number of carbonyl (C=O) groups is 4. The number of nitrogens with zero attached hydrogens (tertiary/aromatic N) is 1. The second-order valence-corrected chi connectivity index (χ2v) is 9.16. The van der Waals surface area contributed by atoms with Crippen LogP contribution in [0.25, 0.3) is 0 Å². The number of nitrogens with one attached hydrogen (secondary N) is 4. The highest BCUT2D eigenvalue weighted by Crippen LogP contribution is 2.07. The third-order valence-corrected chi connectivity index (χ3v) is 4.81. The Labute approximate surface area is 210 Å². The van der Waals surface area contributed by atoms with E-state index in [9.17, 15) is 19.2 Å². The summed E-state index contributed by atoms with van der Waals surface area (Å²) in [7, 11) is 0. The Morgan fingerprint density at radius 1 is 0.972 bits per heavy atom. The van der Waals surface area contributed by atoms with Crippen LogP contribution in [0.1, 0.15) is 73.5 Å². The molecule has 2 aromatic rings. The largest absolute Gasteiger partial charge is 0.459 e. The molecular weight excluding hydrogens is 466 g/mol. The maximum atomic E-state index is 12.6. The summed E-state index contributed by atoms with van der Waals surface area (Å²) in [6.45, 7) is 7.83. The van der Waals surface area contributed by atoms with E-state index in [1.54, 1.807) is 20.8 Å². The molecule has 1 aromatic carbocycles. The molecule has 11 nitrogen and oxygen atoms in total. The van der Waals surface area contributed by atoms with Gasteiger partial charge in [0.1, 0.15) is 23.9 Å². The first kappa shape index (κ1) is 28.3. The molecule has 0 spiro atoms. The predicted octanol–water partition coefficient (Wildman–Crippen LogP) is 2.70. The van der Waals surface area contributed by atoms with Crippen LogP contribution in [0.5, 0.6) is 0 Å². The van der Waals surface area contributed by atoms with Gasteiger partial charge in [-0.25, -0.2) is 14.6 Å². The van der Waals surface area contributed by atoms with Gasteiger partial charge in [-0.05, 0) is 52.5 Å². The molecule has 0 aliphatic carbocycles. The molecule has 196 valence electrons. The van der Waals surface area contributed by atoms with E-state index < -0.39 is 35.5 Å². The third-order valence-electron chi connectivity index (χ3n) is 4.81. The summed E-state index contributed by atoms with van der Waals surface area (Å²) in [5.41, 5.74) is 0.177. The highest BCUT2D eigenvalue weighted by molar-refractivity contribution is 6.05. The van der Waals surface area contributed by atoms with Crippen molar-refractivity contribution in [2.24, 2.45) is 0 Å². The zero-order chi connectivity index (χ0) is 26.6. The van der Waals surface area contributed by atoms with Crippen LogP contribution in [0.15, 0.2) is 36.7 Å². The van der Waals surface area contributed by atoms with E-state index in [0.29, 0.717) is 19.5 Å². The van der Waals surface area contributed by atoms with Crippen molar-refractivity contribution in [3.63, 3.8) is 0 Å². The number of benzene rings is 1. The first-order valence-corrected chi connectivity index (χ1v) is 11.9. The maximum Gasteiger partial charge on any atom is 0.407 e. The van der Waals surface area contributed by atoms with Crippen molar-refractivity contribution in [3.05, 3.63) is 53.6 Å². The Kier molecular flexibility index (Phi) is 10.9. The monoisotopic (exact) mass is 501 g/mol. The van der Waals surface area contributed by atoms with Gasteiger partial charge < -0.3 is 30.4 Å². The zero-order valence-corrected chi connectivity index (χ0v) is 21.2. The average molecular weight is 502 g/mol. The number of amides is 3. The van der Waals surface area contributed by atoms with Crippen molar-refractivity contribution in [1.82, 2.24) is 25.9 Å². The van der Waals surface area contributed by atoms with Crippen molar-refractivity contribution >= 4 is 23.9 Å². The molecule has 0 saturated carbocycles. The van der Waals surface area contributed by atoms with Crippen molar-refractivity contribution < 1.29 is 28.7 Å². The van der Waals surface area contributed by atoms with Gasteiger partial charge in [-0.1, -0.05) is 30.3 Å². The summed E-state index contributed by atoms with van der Waals surface area (Å²) < 4.78 is 10.4. The molecule has 0 saturated heterocycles. The van der Waals surface area contributed by atoms with Gasteiger partial charge in [0.05, 0.1) is 6.33 Å². The van der Waals surface area contributed by atoms with Crippen molar-refractivity contribution in [3.8, 4) is 0 Å². The minimum absolute atomic E-state index is 0.00365. The SMILES string of the molecule is C[C@H](NC(=O)c1nc[nH]c1C(=O)NCCCCCNC(=O)OC(C)(C)C)C(=O)OCc1ccccc1. The summed E-state index contributed by atoms with van der Waals surface area (Å²) in [4.78, 5) is 55.5. The summed E-state index contributed by atoms with van der Waals surface area (Å²) in [5, 5.41) is 7.92. The number of hydrogen-bond acceptors (Lipinski definition) is 7. The molecule has 0 bridgehead atoms. The van der Waals surface area contributed by atoms with Crippen LogP contribution >= 0.6 is 0 Å². The fraction of sp³-hybridized carbons (Fsp3) is 0.480. The zero-order valence-electron chi connectivity index (χ0n) is 21.2. The lowest BCUT2D eigenvalue weighted by Gasteiger charge is -2.19. The van der Waals surface area contributed by atoms with Gasteiger partial charge in [-0.15, -0.1) is 0 Å². The second kappa shape index (κ2) is 13.9. The standard InChI is InChI=1S/C25H35N5O6/c1-17(23(33)35-15-18-11-7-5-8-12-18)30-22(32)20-19(28-16-29-20)21(31)26-13-9-6-10-14-27-24(34)36-25(2,3)4/h5,7-8,11-12,16-17H,6,9-10,13-15H2,1-4H3,(H,26,31)(H,27,34)(H,28,29)(H,30,32)/t17-/m0/s1. The molecule has 1 atom stereocenters. The molecule has 1 heterocycles. The van der Waals surface area contributed by atoms with Crippen LogP contribution < -0.4 is 16.0 Å². The van der Waals surface area contributed by atoms with Gasteiger partial charge in [0, 0.05) is 13.1 Å². The quantitative estimate of drug-likeness (QED) is 0.258. The fourth-order valence-corrected chi connectivity index (χ4v) is 3.04. The van der Waals surface area contributed by atoms with E-state index in [1.807, 2.05) is 30.3 Å². The van der Waals surface area contributed by atoms with E-state index >= 15 is 0 Å². The molecule has 1 aromatic heterocycles. The first-order valence-electron chi connectivity index (χ1n) is 11.9. The fourth-order valence-electron chi connectivity index (χ4n) is 3.04. The van der Waals surface area contributed by atoms with E-state index in [2.05, 4.69) is 25.9 Å². The van der Waals surface area contributed by atoms with Gasteiger partial charge >= 0.3 is 12.1 Å². The van der Waals surface area contributed by atoms with Gasteiger partial charge in [-0.2, -0.15) is 0 Å². The Morgan fingerprint density at radius 3 is 2.31 bits per heavy atom. The Balaban J connectivity index is 1.70. The summed E-state index contributed by atoms with van der Waals surface area (Å²) in [6.07, 6.45) is 2.96. The van der Waals surface area contributed by atoms with Crippen LogP contribution in [-0.2, 0) is 20.9 Å². The molecule has 0 aliphatic heterocycles. The molecule has 0 fully saturated rings. The van der Waals surface area contributed by atoms with Crippen LogP contribution in [0.4, 0.5) is 4.79 Å². The van der Waals surface area contributed by atoms with E-state index in [-0.39, 0.29) is 18.0 Å². The number of H-pyrrole nitrogens is 1. The van der Waals surface area contributed by atoms with Crippen LogP contribution in [0.3, 0.4) is 0 Å². The molecule has 0 radical (unpaired) electrons. The third kappa shape index (κ3) is 10.2. The number of rotatable bonds is 12. The Hall–Kier alpha value is -3.89. The summed E-state index contributed by atoms with van der Waals surface area (Å²) in [5.74, 6) is -1.75. The molecule has 0 unspecified atom stereocenters. The topological polar surface area (TPSA) is 152 Å². The van der Waals surface area contributed by atoms with Crippen LogP contribution in [0, 0.1) is 0 Å². The number of hydrogen-bond donors (Lipinski definition) is 4. The number of ether oxygens (including phenoxy) is 2. The lowest BCUT2D eigenvalue weighted by atomic mass is 10.2. The number of aromatic amines is 1. The Bertz CT molecular complexity index is 1020. The molecule has 3 amide bonds. The molecule has 11 heteroatoms. The van der Waals surface area contributed by atoms with E-state index in [0.717, 1.165) is 18.4 Å². The second-order valence-electron chi connectivity index (χ2n) is 9.16. The summed E-state index contributed by atoms with van der Waals surface area (Å²) in [6, 6.07) is 8.25. The highest BCUT2D eigenvalue weighted by atomic mass is 16.6. The van der Waals surface area contributed by atoms with Gasteiger partial charge in [0.25, 0.3) is 11.8 Å². The number of esters is 1. The molecular formula is C25H35N5O6. The van der Waals surface area contributed by atoms with Crippen molar-refractivity contribution in [2.45, 2.75) is 65.2 Å². The van der Waals surface area contributed by atoms with Crippen LogP contribution in [-0.4, -0.2) is 58.6 Å². The maximum absolute atomic E-state index is 12.6. The Morgan fingerprint density at radius 2 is 1.64 bits per heavy atom. The van der Waals surface area contributed by atoms with Crippen molar-refractivity contribution in [2.75, 3.05) is 13.1 Å². The van der Waals surface area contributed by atoms with Gasteiger partial charge in [0.15, 0.2) is 5.69 Å². The highest BCUT2D eigenvalue weighted by Gasteiger charge is 2.24. The smallest absolute Gasteiger partial charge is 0.407 e. The number of imidazole rings is 1. The minimum atomic E-state index is -0.928. The number of carbonyl (C=O) groups excluding carboxylic acids is 4. The number of alkyl carbamates (subject to hydrolysis) is 1.